The van der Waals surface area contributed by atoms with Gasteiger partial charge in [-0.25, -0.2) is 4.39 Å². The summed E-state index contributed by atoms with van der Waals surface area (Å²) in [5.74, 6) is -0.141. The van der Waals surface area contributed by atoms with E-state index in [1.165, 1.54) is 6.07 Å². The first-order chi connectivity index (χ1) is 10.7. The van der Waals surface area contributed by atoms with Gasteiger partial charge in [-0.15, -0.1) is 0 Å². The van der Waals surface area contributed by atoms with Crippen LogP contribution in [0.25, 0.3) is 0 Å². The minimum atomic E-state index is -0.141. The van der Waals surface area contributed by atoms with Gasteiger partial charge in [0, 0.05) is 45.2 Å². The van der Waals surface area contributed by atoms with E-state index >= 15 is 0 Å². The Morgan fingerprint density at radius 1 is 1.27 bits per heavy atom. The van der Waals surface area contributed by atoms with E-state index in [0.29, 0.717) is 6.04 Å². The van der Waals surface area contributed by atoms with Gasteiger partial charge < -0.3 is 9.47 Å². The average molecular weight is 307 g/mol. The third kappa shape index (κ3) is 3.86. The molecule has 1 atom stereocenters. The molecule has 0 aliphatic carbocycles. The Bertz CT molecular complexity index is 482. The number of halogens is 1. The van der Waals surface area contributed by atoms with Crippen molar-refractivity contribution in [1.82, 2.24) is 4.90 Å². The van der Waals surface area contributed by atoms with Crippen molar-refractivity contribution in [2.45, 2.75) is 44.2 Å². The largest absolute Gasteiger partial charge is 0.381 e. The Kier molecular flexibility index (Phi) is 5.11. The minimum absolute atomic E-state index is 0.00359. The SMILES string of the molecule is C[C@@H](CCc1cccc(F)c1)N1CCOC2(CCOCC2)C1. The summed E-state index contributed by atoms with van der Waals surface area (Å²) in [5.41, 5.74) is 1.09. The summed E-state index contributed by atoms with van der Waals surface area (Å²) >= 11 is 0. The van der Waals surface area contributed by atoms with Crippen LogP contribution in [0.2, 0.25) is 0 Å². The molecule has 0 aromatic heterocycles. The van der Waals surface area contributed by atoms with Crippen LogP contribution in [-0.2, 0) is 15.9 Å². The van der Waals surface area contributed by atoms with Crippen molar-refractivity contribution in [2.75, 3.05) is 32.9 Å². The molecule has 0 radical (unpaired) electrons. The molecule has 22 heavy (non-hydrogen) atoms. The minimum Gasteiger partial charge on any atom is -0.381 e. The molecule has 2 aliphatic rings. The summed E-state index contributed by atoms with van der Waals surface area (Å²) in [6, 6.07) is 7.44. The van der Waals surface area contributed by atoms with Gasteiger partial charge in [-0.2, -0.15) is 0 Å². The summed E-state index contributed by atoms with van der Waals surface area (Å²) in [6.07, 6.45) is 3.97. The fourth-order valence-electron chi connectivity index (χ4n) is 3.55. The molecule has 0 unspecified atom stereocenters. The highest BCUT2D eigenvalue weighted by Gasteiger charge is 2.39. The predicted octanol–water partition coefficient (Wildman–Crippen LogP) is 3.03. The summed E-state index contributed by atoms with van der Waals surface area (Å²) < 4.78 is 24.8. The maximum Gasteiger partial charge on any atom is 0.123 e. The van der Waals surface area contributed by atoms with Crippen molar-refractivity contribution in [3.63, 3.8) is 0 Å². The van der Waals surface area contributed by atoms with E-state index < -0.39 is 0 Å². The molecule has 1 aromatic carbocycles. The van der Waals surface area contributed by atoms with E-state index in [1.807, 2.05) is 6.07 Å². The standard InChI is InChI=1S/C18H26FNO2/c1-15(5-6-16-3-2-4-17(19)13-16)20-9-12-22-18(14-20)7-10-21-11-8-18/h2-4,13,15H,5-12,14H2,1H3/t15-/m0/s1. The number of morpholine rings is 1. The van der Waals surface area contributed by atoms with Crippen LogP contribution in [0.3, 0.4) is 0 Å². The van der Waals surface area contributed by atoms with Crippen LogP contribution in [-0.4, -0.2) is 49.5 Å². The van der Waals surface area contributed by atoms with Gasteiger partial charge in [-0.1, -0.05) is 12.1 Å². The maximum absolute atomic E-state index is 13.2. The zero-order valence-electron chi connectivity index (χ0n) is 13.4. The molecule has 0 N–H and O–H groups in total. The predicted molar refractivity (Wildman–Crippen MR) is 84.5 cm³/mol. The molecular weight excluding hydrogens is 281 g/mol. The number of aryl methyl sites for hydroxylation is 1. The van der Waals surface area contributed by atoms with Crippen LogP contribution in [0, 0.1) is 5.82 Å². The molecule has 2 heterocycles. The normalized spacial score (nSPS) is 23.5. The van der Waals surface area contributed by atoms with Crippen molar-refractivity contribution >= 4 is 0 Å². The van der Waals surface area contributed by atoms with Crippen LogP contribution >= 0.6 is 0 Å². The second-order valence-electron chi connectivity index (χ2n) is 6.63. The Hall–Kier alpha value is -0.970. The highest BCUT2D eigenvalue weighted by Crippen LogP contribution is 2.30. The third-order valence-electron chi connectivity index (χ3n) is 5.05. The highest BCUT2D eigenvalue weighted by atomic mass is 19.1. The van der Waals surface area contributed by atoms with Crippen molar-refractivity contribution in [3.05, 3.63) is 35.6 Å². The van der Waals surface area contributed by atoms with Gasteiger partial charge in [0.15, 0.2) is 0 Å². The van der Waals surface area contributed by atoms with Crippen molar-refractivity contribution in [1.29, 1.82) is 0 Å². The van der Waals surface area contributed by atoms with Gasteiger partial charge in [0.05, 0.1) is 12.2 Å². The quantitative estimate of drug-likeness (QED) is 0.853. The zero-order chi connectivity index (χ0) is 15.4. The van der Waals surface area contributed by atoms with Gasteiger partial charge in [0.1, 0.15) is 5.82 Å². The molecule has 3 nitrogen and oxygen atoms in total. The van der Waals surface area contributed by atoms with E-state index in [-0.39, 0.29) is 11.4 Å². The van der Waals surface area contributed by atoms with E-state index in [2.05, 4.69) is 11.8 Å². The Labute approximate surface area is 132 Å². The average Bonchev–Trinajstić information content (AvgIpc) is 2.53. The Morgan fingerprint density at radius 2 is 2.09 bits per heavy atom. The number of hydrogen-bond acceptors (Lipinski definition) is 3. The molecule has 1 spiro atoms. The Balaban J connectivity index is 1.54. The van der Waals surface area contributed by atoms with Gasteiger partial charge in [-0.05, 0) is 37.5 Å². The molecule has 4 heteroatoms. The van der Waals surface area contributed by atoms with Crippen LogP contribution < -0.4 is 0 Å². The fourth-order valence-corrected chi connectivity index (χ4v) is 3.55. The topological polar surface area (TPSA) is 21.7 Å². The molecule has 2 aliphatic heterocycles. The lowest BCUT2D eigenvalue weighted by molar-refractivity contribution is -0.159. The number of nitrogens with zero attached hydrogens (tertiary/aromatic N) is 1. The molecule has 0 bridgehead atoms. The number of ether oxygens (including phenoxy) is 2. The molecule has 0 saturated carbocycles. The first-order valence-corrected chi connectivity index (χ1v) is 8.37. The van der Waals surface area contributed by atoms with E-state index in [9.17, 15) is 4.39 Å². The second kappa shape index (κ2) is 7.07. The molecule has 2 fully saturated rings. The van der Waals surface area contributed by atoms with Crippen molar-refractivity contribution in [2.24, 2.45) is 0 Å². The molecule has 2 saturated heterocycles. The molecule has 3 rings (SSSR count). The van der Waals surface area contributed by atoms with Gasteiger partial charge in [0.2, 0.25) is 0 Å². The van der Waals surface area contributed by atoms with E-state index in [0.717, 1.165) is 64.2 Å². The molecule has 0 amide bonds. The van der Waals surface area contributed by atoms with Crippen molar-refractivity contribution < 1.29 is 13.9 Å². The lowest BCUT2D eigenvalue weighted by Gasteiger charge is -2.46. The van der Waals surface area contributed by atoms with E-state index in [1.54, 1.807) is 12.1 Å². The number of benzene rings is 1. The van der Waals surface area contributed by atoms with Crippen LogP contribution in [0.1, 0.15) is 31.7 Å². The van der Waals surface area contributed by atoms with Crippen LogP contribution in [0.4, 0.5) is 4.39 Å². The smallest absolute Gasteiger partial charge is 0.123 e. The van der Waals surface area contributed by atoms with E-state index in [4.69, 9.17) is 9.47 Å². The summed E-state index contributed by atoms with van der Waals surface area (Å²) in [7, 11) is 0. The number of hydrogen-bond donors (Lipinski definition) is 0. The zero-order valence-corrected chi connectivity index (χ0v) is 13.4. The lowest BCUT2D eigenvalue weighted by atomic mass is 9.91. The summed E-state index contributed by atoms with van der Waals surface area (Å²) in [5, 5.41) is 0. The van der Waals surface area contributed by atoms with Crippen LogP contribution in [0.15, 0.2) is 24.3 Å². The molecular formula is C18H26FNO2. The lowest BCUT2D eigenvalue weighted by Crippen LogP contribution is -2.56. The fraction of sp³-hybridized carbons (Fsp3) is 0.667. The number of rotatable bonds is 4. The summed E-state index contributed by atoms with van der Waals surface area (Å²) in [6.45, 7) is 6.70. The molecule has 1 aromatic rings. The van der Waals surface area contributed by atoms with Gasteiger partial charge in [-0.3, -0.25) is 4.90 Å². The second-order valence-corrected chi connectivity index (χ2v) is 6.63. The highest BCUT2D eigenvalue weighted by molar-refractivity contribution is 5.16. The third-order valence-corrected chi connectivity index (χ3v) is 5.05. The summed E-state index contributed by atoms with van der Waals surface area (Å²) in [4.78, 5) is 2.54. The Morgan fingerprint density at radius 3 is 2.86 bits per heavy atom. The first kappa shape index (κ1) is 15.9. The van der Waals surface area contributed by atoms with Crippen LogP contribution in [0.5, 0.6) is 0 Å². The first-order valence-electron chi connectivity index (χ1n) is 8.37. The van der Waals surface area contributed by atoms with Gasteiger partial charge in [0.25, 0.3) is 0 Å². The monoisotopic (exact) mass is 307 g/mol. The molecule has 122 valence electrons. The maximum atomic E-state index is 13.2. The van der Waals surface area contributed by atoms with Gasteiger partial charge >= 0.3 is 0 Å². The van der Waals surface area contributed by atoms with Crippen molar-refractivity contribution in [3.8, 4) is 0 Å².